The van der Waals surface area contributed by atoms with Crippen molar-refractivity contribution in [1.29, 1.82) is 0 Å². The highest BCUT2D eigenvalue weighted by atomic mass is 16.4. The summed E-state index contributed by atoms with van der Waals surface area (Å²) < 4.78 is 0. The quantitative estimate of drug-likeness (QED) is 0.498. The van der Waals surface area contributed by atoms with Crippen molar-refractivity contribution in [2.75, 3.05) is 0 Å². The van der Waals surface area contributed by atoms with Crippen LogP contribution in [0, 0.1) is 11.8 Å². The second kappa shape index (κ2) is 9.35. The molecule has 0 bridgehead atoms. The molecule has 2 atom stereocenters. The summed E-state index contributed by atoms with van der Waals surface area (Å²) in [6, 6.07) is 0. The predicted molar refractivity (Wildman–Crippen MR) is 67.9 cm³/mol. The highest BCUT2D eigenvalue weighted by Gasteiger charge is 2.27. The number of hydrogen-bond donors (Lipinski definition) is 3. The first-order valence-corrected chi connectivity index (χ1v) is 6.55. The van der Waals surface area contributed by atoms with E-state index in [1.807, 2.05) is 6.92 Å². The molecule has 0 fully saturated rings. The molecule has 0 aliphatic carbocycles. The Balaban J connectivity index is 4.43. The molecule has 0 saturated heterocycles. The van der Waals surface area contributed by atoms with Crippen LogP contribution < -0.4 is 0 Å². The van der Waals surface area contributed by atoms with Gasteiger partial charge in [-0.3, -0.25) is 14.4 Å². The summed E-state index contributed by atoms with van der Waals surface area (Å²) in [5.74, 6) is -4.80. The SMILES string of the molecule is CCCCCC(CC(CCC(=O)O)C(=O)O)C(=O)O. The Hall–Kier alpha value is -1.59. The molecule has 19 heavy (non-hydrogen) atoms. The summed E-state index contributed by atoms with van der Waals surface area (Å²) in [6.07, 6.45) is 2.80. The van der Waals surface area contributed by atoms with Gasteiger partial charge in [-0.25, -0.2) is 0 Å². The fourth-order valence-corrected chi connectivity index (χ4v) is 1.97. The fourth-order valence-electron chi connectivity index (χ4n) is 1.97. The normalized spacial score (nSPS) is 13.7. The van der Waals surface area contributed by atoms with E-state index in [0.717, 1.165) is 19.3 Å². The molecule has 0 aromatic rings. The topological polar surface area (TPSA) is 112 Å². The average molecular weight is 274 g/mol. The van der Waals surface area contributed by atoms with E-state index in [2.05, 4.69) is 0 Å². The molecule has 0 aliphatic rings. The van der Waals surface area contributed by atoms with Crippen LogP contribution in [0.15, 0.2) is 0 Å². The zero-order valence-electron chi connectivity index (χ0n) is 11.2. The average Bonchev–Trinajstić information content (AvgIpc) is 2.31. The lowest BCUT2D eigenvalue weighted by Gasteiger charge is -2.17. The monoisotopic (exact) mass is 274 g/mol. The predicted octanol–water partition coefficient (Wildman–Crippen LogP) is 2.22. The summed E-state index contributed by atoms with van der Waals surface area (Å²) in [7, 11) is 0. The number of aliphatic carboxylic acids is 3. The molecule has 0 amide bonds. The van der Waals surface area contributed by atoms with Gasteiger partial charge in [-0.05, 0) is 19.3 Å². The van der Waals surface area contributed by atoms with E-state index >= 15 is 0 Å². The van der Waals surface area contributed by atoms with Crippen molar-refractivity contribution < 1.29 is 29.7 Å². The van der Waals surface area contributed by atoms with Crippen LogP contribution in [0.3, 0.4) is 0 Å². The first-order valence-electron chi connectivity index (χ1n) is 6.55. The maximum atomic E-state index is 11.1. The minimum Gasteiger partial charge on any atom is -0.481 e. The number of hydrogen-bond acceptors (Lipinski definition) is 3. The molecular weight excluding hydrogens is 252 g/mol. The Morgan fingerprint density at radius 1 is 0.895 bits per heavy atom. The molecule has 0 aliphatic heterocycles. The molecular formula is C13H22O6. The lowest BCUT2D eigenvalue weighted by molar-refractivity contribution is -0.146. The standard InChI is InChI=1S/C13H22O6/c1-2-3-4-5-9(12(16)17)8-10(13(18)19)6-7-11(14)15/h9-10H,2-8H2,1H3,(H,14,15)(H,16,17)(H,18,19). The second-order valence-electron chi connectivity index (χ2n) is 4.73. The van der Waals surface area contributed by atoms with E-state index in [9.17, 15) is 14.4 Å². The van der Waals surface area contributed by atoms with Gasteiger partial charge >= 0.3 is 17.9 Å². The number of unbranched alkanes of at least 4 members (excludes halogenated alkanes) is 2. The highest BCUT2D eigenvalue weighted by molar-refractivity contribution is 5.74. The largest absolute Gasteiger partial charge is 0.481 e. The molecule has 0 aromatic heterocycles. The molecule has 0 saturated carbocycles. The van der Waals surface area contributed by atoms with Crippen molar-refractivity contribution >= 4 is 17.9 Å². The van der Waals surface area contributed by atoms with Crippen LogP contribution in [0.25, 0.3) is 0 Å². The summed E-state index contributed by atoms with van der Waals surface area (Å²) in [5, 5.41) is 26.6. The molecule has 0 radical (unpaired) electrons. The third kappa shape index (κ3) is 8.18. The van der Waals surface area contributed by atoms with Crippen molar-refractivity contribution in [2.24, 2.45) is 11.8 Å². The molecule has 2 unspecified atom stereocenters. The molecule has 0 aromatic carbocycles. The maximum Gasteiger partial charge on any atom is 0.306 e. The van der Waals surface area contributed by atoms with E-state index in [-0.39, 0.29) is 19.3 Å². The van der Waals surface area contributed by atoms with Gasteiger partial charge in [-0.15, -0.1) is 0 Å². The first-order chi connectivity index (χ1) is 8.88. The number of rotatable bonds is 11. The van der Waals surface area contributed by atoms with Gasteiger partial charge in [0, 0.05) is 6.42 Å². The molecule has 6 heteroatoms. The molecule has 0 rings (SSSR count). The minimum absolute atomic E-state index is 0.00165. The van der Waals surface area contributed by atoms with Gasteiger partial charge in [0.15, 0.2) is 0 Å². The zero-order chi connectivity index (χ0) is 14.8. The lowest BCUT2D eigenvalue weighted by Crippen LogP contribution is -2.23. The maximum absolute atomic E-state index is 11.1. The molecule has 3 N–H and O–H groups in total. The van der Waals surface area contributed by atoms with Gasteiger partial charge in [-0.1, -0.05) is 26.2 Å². The Morgan fingerprint density at radius 3 is 1.84 bits per heavy atom. The van der Waals surface area contributed by atoms with E-state index in [4.69, 9.17) is 15.3 Å². The third-order valence-corrected chi connectivity index (χ3v) is 3.13. The molecule has 0 heterocycles. The summed E-state index contributed by atoms with van der Waals surface area (Å²) in [6.45, 7) is 2.00. The molecule has 0 spiro atoms. The van der Waals surface area contributed by atoms with E-state index < -0.39 is 29.7 Å². The van der Waals surface area contributed by atoms with E-state index in [1.165, 1.54) is 0 Å². The van der Waals surface area contributed by atoms with Gasteiger partial charge in [0.1, 0.15) is 0 Å². The summed E-state index contributed by atoms with van der Waals surface area (Å²) in [5.41, 5.74) is 0. The van der Waals surface area contributed by atoms with Gasteiger partial charge in [-0.2, -0.15) is 0 Å². The number of carboxylic acid groups (broad SMARTS) is 3. The van der Waals surface area contributed by atoms with Crippen LogP contribution in [0.4, 0.5) is 0 Å². The lowest BCUT2D eigenvalue weighted by atomic mass is 9.88. The van der Waals surface area contributed by atoms with Gasteiger partial charge in [0.25, 0.3) is 0 Å². The van der Waals surface area contributed by atoms with E-state index in [0.29, 0.717) is 6.42 Å². The van der Waals surface area contributed by atoms with Crippen LogP contribution >= 0.6 is 0 Å². The van der Waals surface area contributed by atoms with Crippen LogP contribution in [0.1, 0.15) is 51.9 Å². The third-order valence-electron chi connectivity index (χ3n) is 3.13. The van der Waals surface area contributed by atoms with Gasteiger partial charge in [0.2, 0.25) is 0 Å². The van der Waals surface area contributed by atoms with Crippen molar-refractivity contribution in [2.45, 2.75) is 51.9 Å². The Bertz CT molecular complexity index is 312. The van der Waals surface area contributed by atoms with Gasteiger partial charge < -0.3 is 15.3 Å². The zero-order valence-corrected chi connectivity index (χ0v) is 11.2. The van der Waals surface area contributed by atoms with Gasteiger partial charge in [0.05, 0.1) is 11.8 Å². The van der Waals surface area contributed by atoms with Crippen LogP contribution in [-0.2, 0) is 14.4 Å². The van der Waals surface area contributed by atoms with Crippen molar-refractivity contribution in [3.05, 3.63) is 0 Å². The Morgan fingerprint density at radius 2 is 1.42 bits per heavy atom. The minimum atomic E-state index is -1.12. The molecule has 6 nitrogen and oxygen atoms in total. The number of carboxylic acids is 3. The molecule has 110 valence electrons. The Kier molecular flexibility index (Phi) is 8.57. The highest BCUT2D eigenvalue weighted by Crippen LogP contribution is 2.23. The summed E-state index contributed by atoms with van der Waals surface area (Å²) >= 11 is 0. The van der Waals surface area contributed by atoms with Crippen molar-refractivity contribution in [3.63, 3.8) is 0 Å². The second-order valence-corrected chi connectivity index (χ2v) is 4.73. The van der Waals surface area contributed by atoms with Crippen LogP contribution in [-0.4, -0.2) is 33.2 Å². The van der Waals surface area contributed by atoms with Crippen molar-refractivity contribution in [1.82, 2.24) is 0 Å². The van der Waals surface area contributed by atoms with E-state index in [1.54, 1.807) is 0 Å². The first kappa shape index (κ1) is 17.4. The van der Waals surface area contributed by atoms with Crippen LogP contribution in [0.5, 0.6) is 0 Å². The number of carbonyl (C=O) groups is 3. The summed E-state index contributed by atoms with van der Waals surface area (Å²) in [4.78, 5) is 32.5. The fraction of sp³-hybridized carbons (Fsp3) is 0.769. The Labute approximate surface area is 112 Å². The van der Waals surface area contributed by atoms with Crippen molar-refractivity contribution in [3.8, 4) is 0 Å². The van der Waals surface area contributed by atoms with Crippen LogP contribution in [0.2, 0.25) is 0 Å². The smallest absolute Gasteiger partial charge is 0.306 e.